The summed E-state index contributed by atoms with van der Waals surface area (Å²) >= 11 is 6.34. The Bertz CT molecular complexity index is 1200. The molecule has 0 fully saturated rings. The topological polar surface area (TPSA) is 105 Å². The van der Waals surface area contributed by atoms with E-state index in [2.05, 4.69) is 5.32 Å². The molecule has 9 nitrogen and oxygen atoms in total. The molecular formula is C25H32ClN3O6S. The van der Waals surface area contributed by atoms with E-state index in [-0.39, 0.29) is 29.9 Å². The van der Waals surface area contributed by atoms with Crippen LogP contribution in [-0.4, -0.2) is 62.7 Å². The van der Waals surface area contributed by atoms with E-state index in [9.17, 15) is 18.0 Å². The summed E-state index contributed by atoms with van der Waals surface area (Å²) in [4.78, 5) is 27.9. The van der Waals surface area contributed by atoms with Gasteiger partial charge in [-0.1, -0.05) is 29.8 Å². The van der Waals surface area contributed by atoms with E-state index in [0.29, 0.717) is 35.3 Å². The summed E-state index contributed by atoms with van der Waals surface area (Å²) in [5, 5.41) is 3.25. The number of nitrogens with zero attached hydrogens (tertiary/aromatic N) is 2. The average molecular weight is 538 g/mol. The molecular weight excluding hydrogens is 506 g/mol. The van der Waals surface area contributed by atoms with Gasteiger partial charge in [0, 0.05) is 23.7 Å². The lowest BCUT2D eigenvalue weighted by Gasteiger charge is -2.32. The molecule has 1 N–H and O–H groups in total. The van der Waals surface area contributed by atoms with E-state index in [1.54, 1.807) is 49.4 Å². The number of fused-ring (bicyclic) bond motifs is 1. The highest BCUT2D eigenvalue weighted by Gasteiger charge is 2.32. The first-order valence-electron chi connectivity index (χ1n) is 11.8. The van der Waals surface area contributed by atoms with Gasteiger partial charge in [-0.05, 0) is 51.5 Å². The Kier molecular flexibility index (Phi) is 9.08. The molecule has 1 aliphatic rings. The quantitative estimate of drug-likeness (QED) is 0.499. The number of benzene rings is 2. The molecule has 11 heteroatoms. The minimum Gasteiger partial charge on any atom is -0.486 e. The van der Waals surface area contributed by atoms with E-state index < -0.39 is 28.5 Å². The van der Waals surface area contributed by atoms with Crippen LogP contribution in [0.3, 0.4) is 0 Å². The Hall–Kier alpha value is -2.98. The van der Waals surface area contributed by atoms with E-state index in [4.69, 9.17) is 21.1 Å². The van der Waals surface area contributed by atoms with Crippen LogP contribution < -0.4 is 19.1 Å². The van der Waals surface area contributed by atoms with Crippen molar-refractivity contribution in [3.63, 3.8) is 0 Å². The Morgan fingerprint density at radius 3 is 2.36 bits per heavy atom. The van der Waals surface area contributed by atoms with Gasteiger partial charge in [0.15, 0.2) is 11.5 Å². The first-order chi connectivity index (χ1) is 17.0. The second-order valence-corrected chi connectivity index (χ2v) is 11.3. The minimum atomic E-state index is -3.85. The highest BCUT2D eigenvalue weighted by atomic mass is 35.5. The summed E-state index contributed by atoms with van der Waals surface area (Å²) < 4.78 is 38.3. The normalized spacial score (nSPS) is 13.7. The third-order valence-electron chi connectivity index (χ3n) is 5.69. The van der Waals surface area contributed by atoms with Gasteiger partial charge in [-0.2, -0.15) is 0 Å². The number of halogens is 1. The SMILES string of the molecule is CCS(=O)(=O)N(CC(=O)N(Cc1ccccc1Cl)C(C)C(=O)NC(C)C)c1ccc2c(c1)OCCO2. The van der Waals surface area contributed by atoms with Gasteiger partial charge in [0.25, 0.3) is 0 Å². The number of nitrogens with one attached hydrogen (secondary N) is 1. The molecule has 0 radical (unpaired) electrons. The second-order valence-electron chi connectivity index (χ2n) is 8.69. The monoisotopic (exact) mass is 537 g/mol. The smallest absolute Gasteiger partial charge is 0.244 e. The highest BCUT2D eigenvalue weighted by Crippen LogP contribution is 2.35. The summed E-state index contributed by atoms with van der Waals surface area (Å²) in [6.07, 6.45) is 0. The van der Waals surface area contributed by atoms with Crippen LogP contribution in [0.4, 0.5) is 5.69 Å². The molecule has 1 atom stereocenters. The molecule has 36 heavy (non-hydrogen) atoms. The van der Waals surface area contributed by atoms with E-state index in [0.717, 1.165) is 4.31 Å². The molecule has 1 unspecified atom stereocenters. The number of carbonyl (C=O) groups excluding carboxylic acids is 2. The maximum atomic E-state index is 13.7. The summed E-state index contributed by atoms with van der Waals surface area (Å²) in [5.41, 5.74) is 0.910. The van der Waals surface area contributed by atoms with E-state index in [1.165, 1.54) is 11.8 Å². The molecule has 0 saturated carbocycles. The molecule has 0 spiro atoms. The maximum Gasteiger partial charge on any atom is 0.244 e. The van der Waals surface area contributed by atoms with Gasteiger partial charge in [-0.15, -0.1) is 0 Å². The molecule has 0 aromatic heterocycles. The molecule has 0 bridgehead atoms. The second kappa shape index (κ2) is 11.8. The van der Waals surface area contributed by atoms with Crippen LogP contribution in [0.5, 0.6) is 11.5 Å². The first-order valence-corrected chi connectivity index (χ1v) is 13.8. The predicted octanol–water partition coefficient (Wildman–Crippen LogP) is 3.21. The predicted molar refractivity (Wildman–Crippen MR) is 139 cm³/mol. The molecule has 2 amide bonds. The van der Waals surface area contributed by atoms with Crippen molar-refractivity contribution in [2.75, 3.05) is 29.8 Å². The van der Waals surface area contributed by atoms with Crippen LogP contribution in [0, 0.1) is 0 Å². The van der Waals surface area contributed by atoms with Crippen molar-refractivity contribution in [1.29, 1.82) is 0 Å². The van der Waals surface area contributed by atoms with Crippen molar-refractivity contribution in [2.45, 2.75) is 46.3 Å². The van der Waals surface area contributed by atoms with Crippen molar-refractivity contribution in [3.8, 4) is 11.5 Å². The molecule has 0 saturated heterocycles. The number of hydrogen-bond donors (Lipinski definition) is 1. The molecule has 196 valence electrons. The standard InChI is InChI=1S/C25H32ClN3O6S/c1-5-36(32,33)29(20-10-11-22-23(14-20)35-13-12-34-22)16-24(30)28(18(4)25(31)27-17(2)3)15-19-8-6-7-9-21(19)26/h6-11,14,17-18H,5,12-13,15-16H2,1-4H3,(H,27,31). The van der Waals surface area contributed by atoms with Crippen LogP contribution in [0.25, 0.3) is 0 Å². The Morgan fingerprint density at radius 1 is 1.06 bits per heavy atom. The molecule has 1 aliphatic heterocycles. The van der Waals surface area contributed by atoms with Crippen molar-refractivity contribution < 1.29 is 27.5 Å². The van der Waals surface area contributed by atoms with E-state index >= 15 is 0 Å². The fraction of sp³-hybridized carbons (Fsp3) is 0.440. The lowest BCUT2D eigenvalue weighted by molar-refractivity contribution is -0.139. The van der Waals surface area contributed by atoms with Gasteiger partial charge in [0.1, 0.15) is 25.8 Å². The number of sulfonamides is 1. The third kappa shape index (κ3) is 6.61. The van der Waals surface area contributed by atoms with Crippen molar-refractivity contribution in [1.82, 2.24) is 10.2 Å². The van der Waals surface area contributed by atoms with Gasteiger partial charge in [0.2, 0.25) is 21.8 Å². The van der Waals surface area contributed by atoms with Gasteiger partial charge in [0.05, 0.1) is 11.4 Å². The third-order valence-corrected chi connectivity index (χ3v) is 7.80. The van der Waals surface area contributed by atoms with Crippen molar-refractivity contribution >= 4 is 39.1 Å². The zero-order chi connectivity index (χ0) is 26.5. The number of rotatable bonds is 10. The van der Waals surface area contributed by atoms with Crippen LogP contribution in [-0.2, 0) is 26.2 Å². The molecule has 0 aliphatic carbocycles. The van der Waals surface area contributed by atoms with Crippen LogP contribution in [0.1, 0.15) is 33.3 Å². The van der Waals surface area contributed by atoms with E-state index in [1.807, 2.05) is 13.8 Å². The fourth-order valence-electron chi connectivity index (χ4n) is 3.70. The Balaban J connectivity index is 1.96. The maximum absolute atomic E-state index is 13.7. The van der Waals surface area contributed by atoms with Gasteiger partial charge in [-0.3, -0.25) is 13.9 Å². The first kappa shape index (κ1) is 27.6. The van der Waals surface area contributed by atoms with Crippen LogP contribution >= 0.6 is 11.6 Å². The van der Waals surface area contributed by atoms with Gasteiger partial charge >= 0.3 is 0 Å². The molecule has 2 aromatic rings. The van der Waals surface area contributed by atoms with Crippen molar-refractivity contribution in [3.05, 3.63) is 53.1 Å². The number of ether oxygens (including phenoxy) is 2. The highest BCUT2D eigenvalue weighted by molar-refractivity contribution is 7.92. The Labute approximate surface area is 217 Å². The zero-order valence-electron chi connectivity index (χ0n) is 20.9. The summed E-state index contributed by atoms with van der Waals surface area (Å²) in [7, 11) is -3.85. The largest absolute Gasteiger partial charge is 0.486 e. The fourth-order valence-corrected chi connectivity index (χ4v) is 4.95. The zero-order valence-corrected chi connectivity index (χ0v) is 22.4. The molecule has 2 aromatic carbocycles. The van der Waals surface area contributed by atoms with Gasteiger partial charge < -0.3 is 19.7 Å². The lowest BCUT2D eigenvalue weighted by atomic mass is 10.1. The lowest BCUT2D eigenvalue weighted by Crippen LogP contribution is -2.52. The summed E-state index contributed by atoms with van der Waals surface area (Å²) in [5.74, 6) is -0.213. The van der Waals surface area contributed by atoms with Crippen LogP contribution in [0.2, 0.25) is 5.02 Å². The summed E-state index contributed by atoms with van der Waals surface area (Å²) in [6, 6.07) is 10.7. The molecule has 3 rings (SSSR count). The van der Waals surface area contributed by atoms with Crippen LogP contribution in [0.15, 0.2) is 42.5 Å². The molecule has 1 heterocycles. The average Bonchev–Trinajstić information content (AvgIpc) is 2.85. The number of anilines is 1. The minimum absolute atomic E-state index is 0.0341. The summed E-state index contributed by atoms with van der Waals surface area (Å²) in [6.45, 7) is 7.02. The number of carbonyl (C=O) groups is 2. The number of hydrogen-bond acceptors (Lipinski definition) is 6. The van der Waals surface area contributed by atoms with Crippen molar-refractivity contribution in [2.24, 2.45) is 0 Å². The Morgan fingerprint density at radius 2 is 1.72 bits per heavy atom. The number of amides is 2. The van der Waals surface area contributed by atoms with Gasteiger partial charge in [-0.25, -0.2) is 8.42 Å².